The van der Waals surface area contributed by atoms with Crippen LogP contribution in [-0.2, 0) is 0 Å². The molecule has 0 radical (unpaired) electrons. The number of hydrogen-bond acceptors (Lipinski definition) is 4. The Bertz CT molecular complexity index is 1050. The summed E-state index contributed by atoms with van der Waals surface area (Å²) in [6.45, 7) is 4.42. The molecule has 27 heavy (non-hydrogen) atoms. The maximum Gasteiger partial charge on any atom is 0.230 e. The van der Waals surface area contributed by atoms with Gasteiger partial charge in [-0.05, 0) is 54.3 Å². The van der Waals surface area contributed by atoms with Crippen molar-refractivity contribution in [3.63, 3.8) is 0 Å². The molecule has 2 aromatic heterocycles. The third-order valence-electron chi connectivity index (χ3n) is 4.74. The fourth-order valence-electron chi connectivity index (χ4n) is 2.95. The Morgan fingerprint density at radius 1 is 0.889 bits per heavy atom. The number of rotatable bonds is 5. The van der Waals surface area contributed by atoms with Crippen molar-refractivity contribution in [2.45, 2.75) is 26.2 Å². The fourth-order valence-corrected chi connectivity index (χ4v) is 2.95. The molecule has 134 valence electrons. The molecule has 4 nitrogen and oxygen atoms in total. The molecule has 0 saturated heterocycles. The Hall–Kier alpha value is -3.27. The van der Waals surface area contributed by atoms with Crippen LogP contribution in [0.4, 0.5) is 0 Å². The predicted octanol–water partition coefficient (Wildman–Crippen LogP) is 6.00. The summed E-state index contributed by atoms with van der Waals surface area (Å²) in [5, 5.41) is 0.878. The number of ether oxygens (including phenoxy) is 1. The molecule has 2 aromatic carbocycles. The third kappa shape index (κ3) is 3.65. The second-order valence-corrected chi connectivity index (χ2v) is 6.56. The van der Waals surface area contributed by atoms with E-state index in [-0.39, 0.29) is 0 Å². The van der Waals surface area contributed by atoms with Crippen molar-refractivity contribution in [1.29, 1.82) is 0 Å². The van der Waals surface area contributed by atoms with Gasteiger partial charge in [0.1, 0.15) is 11.4 Å². The Kier molecular flexibility index (Phi) is 4.79. The van der Waals surface area contributed by atoms with Gasteiger partial charge in [0.25, 0.3) is 0 Å². The van der Waals surface area contributed by atoms with Gasteiger partial charge in [-0.2, -0.15) is 4.98 Å². The minimum atomic E-state index is 0.537. The zero-order valence-corrected chi connectivity index (χ0v) is 15.5. The zero-order chi connectivity index (χ0) is 18.6. The highest BCUT2D eigenvalue weighted by atomic mass is 16.5. The fraction of sp³-hybridized carbons (Fsp3) is 0.174. The summed E-state index contributed by atoms with van der Waals surface area (Å²) < 4.78 is 6.14. The number of nitrogens with zero attached hydrogens (tertiary/aromatic N) is 3. The van der Waals surface area contributed by atoms with E-state index < -0.39 is 0 Å². The molecule has 0 amide bonds. The summed E-state index contributed by atoms with van der Waals surface area (Å²) in [4.78, 5) is 13.7. The van der Waals surface area contributed by atoms with Crippen LogP contribution in [0, 0.1) is 0 Å². The van der Waals surface area contributed by atoms with Crippen LogP contribution in [0.1, 0.15) is 31.7 Å². The van der Waals surface area contributed by atoms with Crippen LogP contribution < -0.4 is 4.74 Å². The molecule has 0 fully saturated rings. The highest BCUT2D eigenvalue weighted by Crippen LogP contribution is 2.30. The molecule has 0 saturated carbocycles. The number of fused-ring (bicyclic) bond motifs is 1. The first-order valence-corrected chi connectivity index (χ1v) is 9.20. The maximum atomic E-state index is 6.14. The SMILES string of the molecule is CC[C@H](C)c1ccc(Oc2nc(-c3ccccn3)nc3ccccc23)cc1. The predicted molar refractivity (Wildman–Crippen MR) is 108 cm³/mol. The molecule has 2 heterocycles. The Morgan fingerprint density at radius 2 is 1.67 bits per heavy atom. The average molecular weight is 355 g/mol. The number of aromatic nitrogens is 3. The van der Waals surface area contributed by atoms with Crippen LogP contribution in [0.25, 0.3) is 22.4 Å². The Balaban J connectivity index is 1.74. The van der Waals surface area contributed by atoms with Crippen LogP contribution >= 0.6 is 0 Å². The lowest BCUT2D eigenvalue weighted by Gasteiger charge is -2.12. The number of pyridine rings is 1. The monoisotopic (exact) mass is 355 g/mol. The van der Waals surface area contributed by atoms with E-state index >= 15 is 0 Å². The molecule has 0 N–H and O–H groups in total. The van der Waals surface area contributed by atoms with Gasteiger partial charge in [-0.15, -0.1) is 0 Å². The molecule has 4 heteroatoms. The molecule has 4 aromatic rings. The number of benzene rings is 2. The molecule has 1 atom stereocenters. The summed E-state index contributed by atoms with van der Waals surface area (Å²) in [5.74, 6) is 2.39. The largest absolute Gasteiger partial charge is 0.438 e. The molecule has 0 bridgehead atoms. The van der Waals surface area contributed by atoms with Gasteiger partial charge in [0.05, 0.1) is 10.9 Å². The lowest BCUT2D eigenvalue weighted by molar-refractivity contribution is 0.468. The molecule has 0 unspecified atom stereocenters. The molecular weight excluding hydrogens is 334 g/mol. The van der Waals surface area contributed by atoms with E-state index in [9.17, 15) is 0 Å². The Labute approximate surface area is 158 Å². The first kappa shape index (κ1) is 17.2. The summed E-state index contributed by atoms with van der Waals surface area (Å²) in [6, 6.07) is 21.8. The second-order valence-electron chi connectivity index (χ2n) is 6.56. The van der Waals surface area contributed by atoms with E-state index in [1.165, 1.54) is 5.56 Å². The average Bonchev–Trinajstić information content (AvgIpc) is 2.74. The zero-order valence-electron chi connectivity index (χ0n) is 15.5. The Morgan fingerprint density at radius 3 is 2.41 bits per heavy atom. The molecule has 0 spiro atoms. The lowest BCUT2D eigenvalue weighted by Crippen LogP contribution is -1.97. The van der Waals surface area contributed by atoms with Gasteiger partial charge in [0, 0.05) is 6.20 Å². The number of para-hydroxylation sites is 1. The number of hydrogen-bond donors (Lipinski definition) is 0. The highest BCUT2D eigenvalue weighted by molar-refractivity contribution is 5.85. The maximum absolute atomic E-state index is 6.14. The topological polar surface area (TPSA) is 47.9 Å². The lowest BCUT2D eigenvalue weighted by atomic mass is 9.99. The van der Waals surface area contributed by atoms with Crippen molar-refractivity contribution >= 4 is 10.9 Å². The van der Waals surface area contributed by atoms with Gasteiger partial charge >= 0.3 is 0 Å². The van der Waals surface area contributed by atoms with Crippen molar-refractivity contribution in [3.8, 4) is 23.1 Å². The van der Waals surface area contributed by atoms with E-state index in [0.717, 1.165) is 28.8 Å². The molecule has 4 rings (SSSR count). The van der Waals surface area contributed by atoms with Crippen LogP contribution in [0.5, 0.6) is 11.6 Å². The van der Waals surface area contributed by atoms with Crippen LogP contribution in [0.15, 0.2) is 72.9 Å². The van der Waals surface area contributed by atoms with Gasteiger partial charge in [0.15, 0.2) is 5.82 Å². The summed E-state index contributed by atoms with van der Waals surface area (Å²) in [6.07, 6.45) is 2.85. The molecule has 0 aliphatic carbocycles. The van der Waals surface area contributed by atoms with Gasteiger partial charge < -0.3 is 4.74 Å². The normalized spacial score (nSPS) is 12.1. The van der Waals surface area contributed by atoms with Crippen LogP contribution in [0.3, 0.4) is 0 Å². The summed E-state index contributed by atoms with van der Waals surface area (Å²) in [7, 11) is 0. The summed E-state index contributed by atoms with van der Waals surface area (Å²) in [5.41, 5.74) is 2.87. The standard InChI is InChI=1S/C23H21N3O/c1-3-16(2)17-11-13-18(14-12-17)27-23-19-8-4-5-9-20(19)25-22(26-23)21-10-6-7-15-24-21/h4-16H,3H2,1-2H3/t16-/m0/s1. The molecular formula is C23H21N3O. The van der Waals surface area contributed by atoms with Crippen molar-refractivity contribution < 1.29 is 4.74 Å². The van der Waals surface area contributed by atoms with Crippen molar-refractivity contribution in [3.05, 3.63) is 78.5 Å². The minimum Gasteiger partial charge on any atom is -0.438 e. The van der Waals surface area contributed by atoms with Gasteiger partial charge in [-0.3, -0.25) is 4.98 Å². The minimum absolute atomic E-state index is 0.537. The smallest absolute Gasteiger partial charge is 0.230 e. The van der Waals surface area contributed by atoms with Gasteiger partial charge in [0.2, 0.25) is 5.88 Å². The van der Waals surface area contributed by atoms with Gasteiger partial charge in [-0.25, -0.2) is 4.98 Å². The van der Waals surface area contributed by atoms with E-state index in [1.54, 1.807) is 6.20 Å². The van der Waals surface area contributed by atoms with E-state index in [4.69, 9.17) is 4.74 Å². The first-order valence-electron chi connectivity index (χ1n) is 9.20. The molecule has 0 aliphatic heterocycles. The van der Waals surface area contributed by atoms with Crippen LogP contribution in [0.2, 0.25) is 0 Å². The highest BCUT2D eigenvalue weighted by Gasteiger charge is 2.12. The van der Waals surface area contributed by atoms with Crippen molar-refractivity contribution in [2.24, 2.45) is 0 Å². The van der Waals surface area contributed by atoms with E-state index in [2.05, 4.69) is 40.9 Å². The summed E-state index contributed by atoms with van der Waals surface area (Å²) >= 11 is 0. The van der Waals surface area contributed by atoms with Gasteiger partial charge in [-0.1, -0.05) is 44.2 Å². The van der Waals surface area contributed by atoms with Crippen LogP contribution in [-0.4, -0.2) is 15.0 Å². The third-order valence-corrected chi connectivity index (χ3v) is 4.74. The first-order chi connectivity index (χ1) is 13.2. The van der Waals surface area contributed by atoms with E-state index in [0.29, 0.717) is 17.6 Å². The van der Waals surface area contributed by atoms with Crippen molar-refractivity contribution in [1.82, 2.24) is 15.0 Å². The molecule has 0 aliphatic rings. The quantitative estimate of drug-likeness (QED) is 0.441. The van der Waals surface area contributed by atoms with E-state index in [1.807, 2.05) is 54.6 Å². The van der Waals surface area contributed by atoms with Crippen molar-refractivity contribution in [2.75, 3.05) is 0 Å². The second kappa shape index (κ2) is 7.54.